The second kappa shape index (κ2) is 11.8. The molecule has 2 aromatic carbocycles. The second-order valence-electron chi connectivity index (χ2n) is 13.6. The number of allylic oxidation sites excluding steroid dienone is 1. The number of carbonyl (C=O) groups excluding carboxylic acids is 1. The lowest BCUT2D eigenvalue weighted by molar-refractivity contribution is 0.0454. The van der Waals surface area contributed by atoms with Crippen molar-refractivity contribution >= 4 is 33.2 Å². The molecule has 1 spiro atoms. The molecule has 4 aliphatic rings. The van der Waals surface area contributed by atoms with E-state index in [1.807, 2.05) is 39.0 Å². The van der Waals surface area contributed by atoms with Gasteiger partial charge in [-0.05, 0) is 104 Å². The van der Waals surface area contributed by atoms with Crippen molar-refractivity contribution in [2.45, 2.75) is 76.1 Å². The number of hydrogen-bond acceptors (Lipinski definition) is 6. The van der Waals surface area contributed by atoms with Crippen LogP contribution in [0.2, 0.25) is 5.02 Å². The minimum atomic E-state index is -3.96. The number of aliphatic hydroxyl groups excluding tert-OH is 1. The first-order valence-corrected chi connectivity index (χ1v) is 17.6. The molecule has 2 aliphatic carbocycles. The first-order chi connectivity index (χ1) is 20.5. The van der Waals surface area contributed by atoms with Crippen molar-refractivity contribution in [1.29, 1.82) is 0 Å². The molecule has 0 saturated heterocycles. The molecule has 6 atom stereocenters. The lowest BCUT2D eigenvalue weighted by Crippen LogP contribution is -2.49. The van der Waals surface area contributed by atoms with E-state index in [1.54, 1.807) is 18.2 Å². The molecule has 43 heavy (non-hydrogen) atoms. The molecule has 7 nitrogen and oxygen atoms in total. The monoisotopic (exact) mass is 626 g/mol. The Morgan fingerprint density at radius 2 is 1.95 bits per heavy atom. The van der Waals surface area contributed by atoms with Gasteiger partial charge >= 0.3 is 0 Å². The molecule has 2 bridgehead atoms. The quantitative estimate of drug-likeness (QED) is 0.384. The Kier molecular flexibility index (Phi) is 8.33. The molecule has 0 radical (unpaired) electrons. The van der Waals surface area contributed by atoms with Gasteiger partial charge in [0, 0.05) is 29.1 Å². The number of aliphatic hydroxyl groups is 1. The number of fused-ring (bicyclic) bond motifs is 4. The molecule has 9 heteroatoms. The van der Waals surface area contributed by atoms with E-state index < -0.39 is 27.3 Å². The van der Waals surface area contributed by atoms with Crippen molar-refractivity contribution in [3.05, 3.63) is 70.3 Å². The van der Waals surface area contributed by atoms with E-state index >= 15 is 0 Å². The van der Waals surface area contributed by atoms with Crippen LogP contribution in [0.25, 0.3) is 0 Å². The van der Waals surface area contributed by atoms with E-state index in [1.165, 1.54) is 11.1 Å². The Balaban J connectivity index is 1.43. The highest BCUT2D eigenvalue weighted by Gasteiger charge is 2.44. The third kappa shape index (κ3) is 5.95. The number of anilines is 1. The van der Waals surface area contributed by atoms with Crippen LogP contribution in [0.5, 0.6) is 5.75 Å². The topological polar surface area (TPSA) is 95.9 Å². The predicted molar refractivity (Wildman–Crippen MR) is 170 cm³/mol. The normalized spacial score (nSPS) is 32.9. The molecule has 232 valence electrons. The zero-order chi connectivity index (χ0) is 30.5. The van der Waals surface area contributed by atoms with Gasteiger partial charge in [-0.2, -0.15) is 0 Å². The maximum absolute atomic E-state index is 13.5. The van der Waals surface area contributed by atoms with Gasteiger partial charge in [0.2, 0.25) is 10.0 Å². The van der Waals surface area contributed by atoms with Crippen molar-refractivity contribution in [3.63, 3.8) is 0 Å². The summed E-state index contributed by atoms with van der Waals surface area (Å²) in [4.78, 5) is 15.8. The summed E-state index contributed by atoms with van der Waals surface area (Å²) in [6.45, 7) is 7.60. The Morgan fingerprint density at radius 1 is 1.14 bits per heavy atom. The Morgan fingerprint density at radius 3 is 2.70 bits per heavy atom. The number of nitrogens with one attached hydrogen (secondary N) is 1. The minimum Gasteiger partial charge on any atom is -0.490 e. The number of halogens is 1. The Bertz CT molecular complexity index is 1520. The number of sulfonamides is 1. The smallest absolute Gasteiger partial charge is 0.264 e. The highest BCUT2D eigenvalue weighted by molar-refractivity contribution is 7.90. The summed E-state index contributed by atoms with van der Waals surface area (Å²) >= 11 is 6.40. The number of ether oxygens (including phenoxy) is 1. The highest BCUT2D eigenvalue weighted by Crippen LogP contribution is 2.46. The maximum Gasteiger partial charge on any atom is 0.264 e. The molecular formula is C34H43ClN2O5S. The fourth-order valence-corrected chi connectivity index (χ4v) is 9.72. The van der Waals surface area contributed by atoms with Crippen molar-refractivity contribution in [2.75, 3.05) is 24.6 Å². The Labute approximate surface area is 260 Å². The summed E-state index contributed by atoms with van der Waals surface area (Å²) in [7, 11) is -3.96. The second-order valence-corrected chi connectivity index (χ2v) is 16.0. The summed E-state index contributed by atoms with van der Waals surface area (Å²) in [6.07, 6.45) is 8.49. The zero-order valence-corrected chi connectivity index (χ0v) is 26.8. The van der Waals surface area contributed by atoms with E-state index in [9.17, 15) is 18.3 Å². The van der Waals surface area contributed by atoms with E-state index in [0.29, 0.717) is 31.9 Å². The Hall–Kier alpha value is -2.55. The van der Waals surface area contributed by atoms with Crippen molar-refractivity contribution in [2.24, 2.45) is 23.7 Å². The number of benzene rings is 2. The summed E-state index contributed by atoms with van der Waals surface area (Å²) in [6, 6.07) is 11.4. The first-order valence-electron chi connectivity index (χ1n) is 15.7. The predicted octanol–water partition coefficient (Wildman–Crippen LogP) is 5.88. The molecule has 6 rings (SSSR count). The van der Waals surface area contributed by atoms with E-state index in [2.05, 4.69) is 21.8 Å². The van der Waals surface area contributed by atoms with Crippen LogP contribution in [0.1, 0.15) is 74.4 Å². The van der Waals surface area contributed by atoms with E-state index in [0.717, 1.165) is 42.8 Å². The summed E-state index contributed by atoms with van der Waals surface area (Å²) in [5.41, 5.74) is 3.33. The van der Waals surface area contributed by atoms with Crippen molar-refractivity contribution < 1.29 is 23.1 Å². The van der Waals surface area contributed by atoms with Crippen LogP contribution >= 0.6 is 11.6 Å². The number of rotatable bonds is 1. The summed E-state index contributed by atoms with van der Waals surface area (Å²) < 4.78 is 35.9. The molecule has 2 N–H and O–H groups in total. The first kappa shape index (κ1) is 30.5. The van der Waals surface area contributed by atoms with Crippen LogP contribution in [0.3, 0.4) is 0 Å². The van der Waals surface area contributed by atoms with Gasteiger partial charge in [0.25, 0.3) is 5.91 Å². The molecule has 1 saturated carbocycles. The van der Waals surface area contributed by atoms with Crippen molar-refractivity contribution in [1.82, 2.24) is 4.72 Å². The van der Waals surface area contributed by atoms with Crippen LogP contribution in [-0.2, 0) is 21.9 Å². The lowest BCUT2D eigenvalue weighted by Gasteiger charge is -2.45. The molecule has 2 aromatic rings. The van der Waals surface area contributed by atoms with Gasteiger partial charge in [-0.1, -0.05) is 50.6 Å². The number of aryl methyl sites for hydroxylation is 1. The lowest BCUT2D eigenvalue weighted by atomic mass is 9.68. The van der Waals surface area contributed by atoms with Gasteiger partial charge in [0.15, 0.2) is 0 Å². The van der Waals surface area contributed by atoms with E-state index in [4.69, 9.17) is 16.3 Å². The molecule has 1 fully saturated rings. The third-order valence-electron chi connectivity index (χ3n) is 10.3. The number of carbonyl (C=O) groups is 1. The van der Waals surface area contributed by atoms with Gasteiger partial charge in [-0.3, -0.25) is 4.79 Å². The number of amides is 1. The zero-order valence-electron chi connectivity index (χ0n) is 25.3. The minimum absolute atomic E-state index is 0.0754. The fraction of sp³-hybridized carbons (Fsp3) is 0.559. The molecular weight excluding hydrogens is 584 g/mol. The molecule has 2 heterocycles. The van der Waals surface area contributed by atoms with Crippen LogP contribution in [0, 0.1) is 23.7 Å². The van der Waals surface area contributed by atoms with Crippen LogP contribution < -0.4 is 14.4 Å². The van der Waals surface area contributed by atoms with Gasteiger partial charge in [-0.25, -0.2) is 13.1 Å². The largest absolute Gasteiger partial charge is 0.490 e. The summed E-state index contributed by atoms with van der Waals surface area (Å²) in [5.74, 6) is 0.185. The molecule has 1 amide bonds. The van der Waals surface area contributed by atoms with Crippen LogP contribution in [0.15, 0.2) is 48.6 Å². The average molecular weight is 627 g/mol. The van der Waals surface area contributed by atoms with E-state index in [-0.39, 0.29) is 34.7 Å². The number of nitrogens with zero attached hydrogens (tertiary/aromatic N) is 1. The van der Waals surface area contributed by atoms with Gasteiger partial charge in [0.1, 0.15) is 5.75 Å². The number of hydrogen-bond donors (Lipinski definition) is 2. The van der Waals surface area contributed by atoms with Gasteiger partial charge in [0.05, 0.1) is 23.6 Å². The van der Waals surface area contributed by atoms with Crippen LogP contribution in [0.4, 0.5) is 5.69 Å². The molecule has 0 aromatic heterocycles. The third-order valence-corrected chi connectivity index (χ3v) is 12.5. The molecule has 2 aliphatic heterocycles. The van der Waals surface area contributed by atoms with Crippen molar-refractivity contribution in [3.8, 4) is 5.75 Å². The molecule has 3 unspecified atom stereocenters. The fourth-order valence-electron chi connectivity index (χ4n) is 7.72. The van der Waals surface area contributed by atoms with Gasteiger partial charge < -0.3 is 14.7 Å². The standard InChI is InChI=1S/C34H43ClN2O5S/c1-21(2)32-15-22(3)6-12-30(38)27-10-7-25(27)18-37-19-34(14-4-5-23-16-26(35)9-11-28(23)34)20-42-31-13-8-24(17-29(31)37)33(39)36-43(32,40)41/h6,8-9,11-13,16-17,21-22,25,27,30,32,38H,4-5,7,10,14-15,18-20H2,1-3H3,(H,36,39)/b12-6+/t22-,25?,27?,30?,32+,34-/m0/s1. The van der Waals surface area contributed by atoms with Gasteiger partial charge in [-0.15, -0.1) is 0 Å². The SMILES string of the molecule is CC(C)[C@H]1C[C@@H](C)/C=C/C(O)C2CCC2CN2C[C@@]3(CCCc4cc(Cl)ccc43)COc3ccc(cc32)C(=O)NS1(=O)=O. The summed E-state index contributed by atoms with van der Waals surface area (Å²) in [5, 5.41) is 11.2. The average Bonchev–Trinajstić information content (AvgIpc) is 3.08. The maximum atomic E-state index is 13.5. The highest BCUT2D eigenvalue weighted by atomic mass is 35.5. The van der Waals surface area contributed by atoms with Crippen LogP contribution in [-0.4, -0.2) is 50.5 Å².